The van der Waals surface area contributed by atoms with Crippen molar-refractivity contribution < 1.29 is 28.1 Å². The molecule has 0 saturated heterocycles. The van der Waals surface area contributed by atoms with E-state index >= 15 is 0 Å². The second-order valence-corrected chi connectivity index (χ2v) is 7.14. The van der Waals surface area contributed by atoms with E-state index in [0.717, 1.165) is 6.07 Å². The Kier molecular flexibility index (Phi) is 6.16. The normalized spacial score (nSPS) is 11.1. The fourth-order valence-corrected chi connectivity index (χ4v) is 3.57. The number of aromatic nitrogens is 4. The van der Waals surface area contributed by atoms with E-state index < -0.39 is 30.5 Å². The number of rotatable bonds is 7. The van der Waals surface area contributed by atoms with Crippen LogP contribution in [-0.2, 0) is 13.2 Å². The summed E-state index contributed by atoms with van der Waals surface area (Å²) in [5.41, 5.74) is 0.0983. The highest BCUT2D eigenvalue weighted by Gasteiger charge is 2.20. The van der Waals surface area contributed by atoms with E-state index in [4.69, 9.17) is 25.8 Å². The molecule has 4 rings (SSSR count). The summed E-state index contributed by atoms with van der Waals surface area (Å²) in [5.74, 6) is -1.77. The van der Waals surface area contributed by atoms with Gasteiger partial charge in [-0.1, -0.05) is 11.6 Å². The van der Waals surface area contributed by atoms with Crippen LogP contribution in [-0.4, -0.2) is 38.8 Å². The third-order valence-electron chi connectivity index (χ3n) is 4.92. The monoisotopic (exact) mass is 478 g/mol. The number of methoxy groups -OCH3 is 2. The molecule has 2 N–H and O–H groups in total. The second-order valence-electron chi connectivity index (χ2n) is 6.73. The molecule has 0 spiro atoms. The number of aliphatic hydroxyl groups excluding tert-OH is 1. The van der Waals surface area contributed by atoms with Gasteiger partial charge < -0.3 is 24.3 Å². The average molecular weight is 479 g/mol. The molecule has 2 aromatic carbocycles. The number of nitrogens with one attached hydrogen (secondary N) is 1. The highest BCUT2D eigenvalue weighted by Crippen LogP contribution is 2.37. The number of imidazole rings is 1. The van der Waals surface area contributed by atoms with Crippen molar-refractivity contribution in [1.82, 2.24) is 19.5 Å². The minimum atomic E-state index is -1.11. The standard InChI is InChI=1S/C21H17ClF2N4O5/c1-31-15-4-3-12(23)18(24)10(15)8-33-17-6-14(11(22)5-16(17)32-2)28-20-19(27-21(28)30)13(7-29)25-9-26-20/h3-6,9,29H,7-8H2,1-2H3,(H,27,30). The van der Waals surface area contributed by atoms with Crippen LogP contribution < -0.4 is 19.9 Å². The topological polar surface area (TPSA) is 111 Å². The van der Waals surface area contributed by atoms with Gasteiger partial charge in [0.25, 0.3) is 0 Å². The molecule has 0 amide bonds. The third-order valence-corrected chi connectivity index (χ3v) is 5.22. The summed E-state index contributed by atoms with van der Waals surface area (Å²) in [6.07, 6.45) is 1.20. The Bertz CT molecular complexity index is 1410. The lowest BCUT2D eigenvalue weighted by atomic mass is 10.2. The van der Waals surface area contributed by atoms with Crippen LogP contribution in [0.2, 0.25) is 5.02 Å². The zero-order valence-electron chi connectivity index (χ0n) is 17.4. The number of benzene rings is 2. The predicted octanol–water partition coefficient (Wildman–Crippen LogP) is 3.13. The van der Waals surface area contributed by atoms with E-state index in [-0.39, 0.29) is 50.4 Å². The van der Waals surface area contributed by atoms with Gasteiger partial charge >= 0.3 is 5.69 Å². The molecule has 33 heavy (non-hydrogen) atoms. The number of halogens is 3. The van der Waals surface area contributed by atoms with E-state index in [1.807, 2.05) is 0 Å². The van der Waals surface area contributed by atoms with Gasteiger partial charge in [-0.2, -0.15) is 0 Å². The lowest BCUT2D eigenvalue weighted by molar-refractivity contribution is 0.270. The van der Waals surface area contributed by atoms with E-state index in [2.05, 4.69) is 15.0 Å². The van der Waals surface area contributed by atoms with Gasteiger partial charge in [0.05, 0.1) is 42.8 Å². The molecule has 9 nitrogen and oxygen atoms in total. The third kappa shape index (κ3) is 3.96. The first kappa shape index (κ1) is 22.5. The van der Waals surface area contributed by atoms with Crippen molar-refractivity contribution in [3.05, 3.63) is 69.0 Å². The fraction of sp³-hybridized carbons (Fsp3) is 0.190. The van der Waals surface area contributed by atoms with Crippen LogP contribution >= 0.6 is 11.6 Å². The van der Waals surface area contributed by atoms with Crippen LogP contribution in [0.15, 0.2) is 35.4 Å². The molecule has 0 bridgehead atoms. The maximum Gasteiger partial charge on any atom is 0.332 e. The van der Waals surface area contributed by atoms with Gasteiger partial charge in [-0.25, -0.2) is 28.1 Å². The molecule has 0 fully saturated rings. The molecule has 0 saturated carbocycles. The summed E-state index contributed by atoms with van der Waals surface area (Å²) < 4.78 is 45.3. The number of ether oxygens (including phenoxy) is 3. The zero-order chi connectivity index (χ0) is 23.7. The number of hydrogen-bond acceptors (Lipinski definition) is 7. The first-order chi connectivity index (χ1) is 15.9. The number of fused-ring (bicyclic) bond motifs is 1. The van der Waals surface area contributed by atoms with Gasteiger partial charge in [0.2, 0.25) is 0 Å². The number of aromatic amines is 1. The molecule has 4 aromatic rings. The van der Waals surface area contributed by atoms with Crippen LogP contribution in [0.5, 0.6) is 17.2 Å². The SMILES string of the molecule is COc1cc(Cl)c(-n2c(=O)[nH]c3c(CO)ncnc32)cc1OCc1c(OC)ccc(F)c1F. The van der Waals surface area contributed by atoms with Crippen LogP contribution in [0.1, 0.15) is 11.3 Å². The van der Waals surface area contributed by atoms with Crippen LogP contribution in [0.4, 0.5) is 8.78 Å². The average Bonchev–Trinajstić information content (AvgIpc) is 3.16. The summed E-state index contributed by atoms with van der Waals surface area (Å²) in [7, 11) is 2.70. The Hall–Kier alpha value is -3.70. The van der Waals surface area contributed by atoms with Crippen molar-refractivity contribution in [2.24, 2.45) is 0 Å². The quantitative estimate of drug-likeness (QED) is 0.419. The van der Waals surface area contributed by atoms with Gasteiger partial charge in [0.1, 0.15) is 24.2 Å². The zero-order valence-corrected chi connectivity index (χ0v) is 18.1. The number of H-pyrrole nitrogens is 1. The van der Waals surface area contributed by atoms with Gasteiger partial charge in [-0.15, -0.1) is 0 Å². The molecule has 0 atom stereocenters. The molecular weight excluding hydrogens is 462 g/mol. The number of aliphatic hydroxyl groups is 1. The molecule has 0 aliphatic carbocycles. The van der Waals surface area contributed by atoms with Crippen LogP contribution in [0.25, 0.3) is 16.9 Å². The number of hydrogen-bond donors (Lipinski definition) is 2. The maximum absolute atomic E-state index is 14.3. The molecule has 2 heterocycles. The Labute approximate surface area is 190 Å². The lowest BCUT2D eigenvalue weighted by Gasteiger charge is -2.16. The molecule has 172 valence electrons. The molecule has 0 aliphatic rings. The van der Waals surface area contributed by atoms with Crippen LogP contribution in [0.3, 0.4) is 0 Å². The van der Waals surface area contributed by atoms with Gasteiger partial charge in [-0.3, -0.25) is 0 Å². The highest BCUT2D eigenvalue weighted by molar-refractivity contribution is 6.32. The molecule has 0 unspecified atom stereocenters. The fourth-order valence-electron chi connectivity index (χ4n) is 3.33. The van der Waals surface area contributed by atoms with Gasteiger partial charge in [-0.05, 0) is 12.1 Å². The lowest BCUT2D eigenvalue weighted by Crippen LogP contribution is -2.15. The summed E-state index contributed by atoms with van der Waals surface area (Å²) in [6.45, 7) is -0.811. The first-order valence-electron chi connectivity index (χ1n) is 9.46. The molecule has 2 aromatic heterocycles. The van der Waals surface area contributed by atoms with E-state index in [1.54, 1.807) is 0 Å². The van der Waals surface area contributed by atoms with E-state index in [0.29, 0.717) is 0 Å². The number of nitrogens with zero attached hydrogens (tertiary/aromatic N) is 3. The summed E-state index contributed by atoms with van der Waals surface area (Å²) >= 11 is 6.40. The van der Waals surface area contributed by atoms with Gasteiger partial charge in [0, 0.05) is 12.1 Å². The summed E-state index contributed by atoms with van der Waals surface area (Å²) in [6, 6.07) is 5.04. The smallest absolute Gasteiger partial charge is 0.332 e. The van der Waals surface area contributed by atoms with Gasteiger partial charge in [0.15, 0.2) is 28.8 Å². The first-order valence-corrected chi connectivity index (χ1v) is 9.84. The molecule has 0 radical (unpaired) electrons. The van der Waals surface area contributed by atoms with Crippen LogP contribution in [0, 0.1) is 11.6 Å². The Morgan fingerprint density at radius 1 is 1.12 bits per heavy atom. The molecular formula is C21H17ClF2N4O5. The summed E-state index contributed by atoms with van der Waals surface area (Å²) in [4.78, 5) is 23.3. The molecule has 12 heteroatoms. The molecule has 0 aliphatic heterocycles. The Morgan fingerprint density at radius 2 is 1.88 bits per heavy atom. The van der Waals surface area contributed by atoms with E-state index in [9.17, 15) is 18.7 Å². The van der Waals surface area contributed by atoms with Crippen molar-refractivity contribution in [3.8, 4) is 22.9 Å². The minimum Gasteiger partial charge on any atom is -0.496 e. The second kappa shape index (κ2) is 9.04. The van der Waals surface area contributed by atoms with Crippen molar-refractivity contribution in [2.45, 2.75) is 13.2 Å². The predicted molar refractivity (Wildman–Crippen MR) is 114 cm³/mol. The largest absolute Gasteiger partial charge is 0.496 e. The summed E-state index contributed by atoms with van der Waals surface area (Å²) in [5, 5.41) is 9.61. The highest BCUT2D eigenvalue weighted by atomic mass is 35.5. The van der Waals surface area contributed by atoms with Crippen molar-refractivity contribution >= 4 is 22.8 Å². The Morgan fingerprint density at radius 3 is 2.58 bits per heavy atom. The van der Waals surface area contributed by atoms with Crippen molar-refractivity contribution in [3.63, 3.8) is 0 Å². The van der Waals surface area contributed by atoms with Crippen molar-refractivity contribution in [2.75, 3.05) is 14.2 Å². The van der Waals surface area contributed by atoms with Crippen molar-refractivity contribution in [1.29, 1.82) is 0 Å². The maximum atomic E-state index is 14.3. The van der Waals surface area contributed by atoms with E-state index in [1.165, 1.54) is 43.3 Å². The minimum absolute atomic E-state index is 0.0975. The Balaban J connectivity index is 1.81.